The highest BCUT2D eigenvalue weighted by Gasteiger charge is 2.19. The van der Waals surface area contributed by atoms with Crippen molar-refractivity contribution in [3.63, 3.8) is 0 Å². The van der Waals surface area contributed by atoms with Crippen LogP contribution in [-0.4, -0.2) is 30.5 Å². The molecule has 0 aliphatic carbocycles. The van der Waals surface area contributed by atoms with Crippen molar-refractivity contribution < 1.29 is 24.0 Å². The summed E-state index contributed by atoms with van der Waals surface area (Å²) >= 11 is 0. The third-order valence-corrected chi connectivity index (χ3v) is 4.22. The largest absolute Gasteiger partial charge is 0.493 e. The number of ether oxygens (including phenoxy) is 2. The third-order valence-electron chi connectivity index (χ3n) is 4.22. The van der Waals surface area contributed by atoms with Crippen molar-refractivity contribution in [2.75, 3.05) is 13.7 Å². The highest BCUT2D eigenvalue weighted by Crippen LogP contribution is 2.28. The average molecular weight is 401 g/mol. The Labute approximate surface area is 168 Å². The van der Waals surface area contributed by atoms with Gasteiger partial charge in [-0.2, -0.15) is 0 Å². The lowest BCUT2D eigenvalue weighted by Crippen LogP contribution is -2.41. The molecular weight excluding hydrogens is 378 g/mol. The van der Waals surface area contributed by atoms with Gasteiger partial charge in [0.25, 0.3) is 17.5 Å². The molecule has 2 aromatic rings. The number of nitro benzene ring substituents is 1. The zero-order valence-electron chi connectivity index (χ0n) is 16.5. The fourth-order valence-electron chi connectivity index (χ4n) is 2.57. The Kier molecular flexibility index (Phi) is 7.53. The van der Waals surface area contributed by atoms with Crippen LogP contribution in [0.25, 0.3) is 0 Å². The van der Waals surface area contributed by atoms with Gasteiger partial charge in [0.15, 0.2) is 11.5 Å². The molecule has 0 bridgehead atoms. The van der Waals surface area contributed by atoms with Crippen molar-refractivity contribution in [2.45, 2.75) is 26.7 Å². The first-order valence-corrected chi connectivity index (χ1v) is 9.04. The topological polar surface area (TPSA) is 120 Å². The number of nitro groups is 1. The maximum atomic E-state index is 12.3. The Morgan fingerprint density at radius 3 is 2.48 bits per heavy atom. The second kappa shape index (κ2) is 10.1. The van der Waals surface area contributed by atoms with E-state index < -0.39 is 16.7 Å². The molecule has 0 aliphatic heterocycles. The van der Waals surface area contributed by atoms with E-state index in [0.717, 1.165) is 12.8 Å². The van der Waals surface area contributed by atoms with Crippen molar-refractivity contribution in [3.8, 4) is 11.5 Å². The van der Waals surface area contributed by atoms with Crippen LogP contribution in [0.3, 0.4) is 0 Å². The van der Waals surface area contributed by atoms with Crippen molar-refractivity contribution >= 4 is 17.5 Å². The molecule has 9 nitrogen and oxygen atoms in total. The van der Waals surface area contributed by atoms with Gasteiger partial charge in [0.2, 0.25) is 0 Å². The number of nitrogens with one attached hydrogen (secondary N) is 2. The van der Waals surface area contributed by atoms with Gasteiger partial charge in [-0.15, -0.1) is 0 Å². The quantitative estimate of drug-likeness (QED) is 0.398. The van der Waals surface area contributed by atoms with E-state index in [0.29, 0.717) is 18.1 Å². The summed E-state index contributed by atoms with van der Waals surface area (Å²) in [5.74, 6) is -0.311. The maximum Gasteiger partial charge on any atom is 0.273 e. The number of hydrogen-bond donors (Lipinski definition) is 2. The molecule has 0 spiro atoms. The molecule has 0 saturated carbocycles. The van der Waals surface area contributed by atoms with E-state index >= 15 is 0 Å². The second-order valence-corrected chi connectivity index (χ2v) is 6.18. The lowest BCUT2D eigenvalue weighted by molar-refractivity contribution is -0.385. The monoisotopic (exact) mass is 401 g/mol. The van der Waals surface area contributed by atoms with Gasteiger partial charge in [-0.1, -0.05) is 19.4 Å². The van der Waals surface area contributed by atoms with Gasteiger partial charge in [0.1, 0.15) is 0 Å². The minimum atomic E-state index is -0.661. The average Bonchev–Trinajstić information content (AvgIpc) is 2.72. The van der Waals surface area contributed by atoms with Crippen LogP contribution in [-0.2, 0) is 0 Å². The number of amides is 2. The molecule has 0 atom stereocenters. The molecule has 154 valence electrons. The summed E-state index contributed by atoms with van der Waals surface area (Å²) in [5, 5.41) is 11.0. The SMILES string of the molecule is CCCCOc1ccc(C(=O)NNC(=O)c2cccc([N+](=O)[O-])c2C)cc1OC. The minimum absolute atomic E-state index is 0.0942. The Hall–Kier alpha value is -3.62. The van der Waals surface area contributed by atoms with Crippen LogP contribution in [0.4, 0.5) is 5.69 Å². The number of hydrazine groups is 1. The number of carbonyl (C=O) groups excluding carboxylic acids is 2. The lowest BCUT2D eigenvalue weighted by Gasteiger charge is -2.13. The van der Waals surface area contributed by atoms with Gasteiger partial charge in [-0.05, 0) is 37.6 Å². The Morgan fingerprint density at radius 1 is 1.10 bits per heavy atom. The number of benzene rings is 2. The van der Waals surface area contributed by atoms with Crippen LogP contribution in [0.1, 0.15) is 46.0 Å². The smallest absolute Gasteiger partial charge is 0.273 e. The third kappa shape index (κ3) is 5.44. The molecule has 0 unspecified atom stereocenters. The summed E-state index contributed by atoms with van der Waals surface area (Å²) in [6.07, 6.45) is 1.89. The normalized spacial score (nSPS) is 10.2. The summed E-state index contributed by atoms with van der Waals surface area (Å²) < 4.78 is 10.9. The van der Waals surface area contributed by atoms with Crippen molar-refractivity contribution in [3.05, 3.63) is 63.2 Å². The van der Waals surface area contributed by atoms with Gasteiger partial charge >= 0.3 is 0 Å². The maximum absolute atomic E-state index is 12.3. The highest BCUT2D eigenvalue weighted by molar-refractivity contribution is 6.00. The van der Waals surface area contributed by atoms with E-state index in [1.807, 2.05) is 0 Å². The van der Waals surface area contributed by atoms with Crippen LogP contribution in [0, 0.1) is 17.0 Å². The summed E-state index contributed by atoms with van der Waals surface area (Å²) in [7, 11) is 1.47. The Balaban J connectivity index is 2.06. The molecule has 0 saturated heterocycles. The number of nitrogens with zero attached hydrogens (tertiary/aromatic N) is 1. The first kappa shape index (κ1) is 21.7. The van der Waals surface area contributed by atoms with E-state index in [1.54, 1.807) is 12.1 Å². The van der Waals surface area contributed by atoms with Crippen LogP contribution < -0.4 is 20.3 Å². The number of methoxy groups -OCH3 is 1. The lowest BCUT2D eigenvalue weighted by atomic mass is 10.1. The fraction of sp³-hybridized carbons (Fsp3) is 0.300. The Morgan fingerprint density at radius 2 is 1.83 bits per heavy atom. The zero-order valence-corrected chi connectivity index (χ0v) is 16.5. The highest BCUT2D eigenvalue weighted by atomic mass is 16.6. The molecule has 0 fully saturated rings. The molecule has 2 aromatic carbocycles. The number of hydrogen-bond acceptors (Lipinski definition) is 6. The van der Waals surface area contributed by atoms with Crippen LogP contribution in [0.15, 0.2) is 36.4 Å². The molecule has 0 aliphatic rings. The first-order chi connectivity index (χ1) is 13.9. The van der Waals surface area contributed by atoms with E-state index in [9.17, 15) is 19.7 Å². The van der Waals surface area contributed by atoms with Gasteiger partial charge in [-0.25, -0.2) is 0 Å². The van der Waals surface area contributed by atoms with Crippen LogP contribution in [0.2, 0.25) is 0 Å². The molecule has 2 amide bonds. The molecule has 29 heavy (non-hydrogen) atoms. The molecular formula is C20H23N3O6. The van der Waals surface area contributed by atoms with Gasteiger partial charge in [0, 0.05) is 17.2 Å². The van der Waals surface area contributed by atoms with Gasteiger partial charge in [0.05, 0.1) is 24.2 Å². The van der Waals surface area contributed by atoms with E-state index in [4.69, 9.17) is 9.47 Å². The second-order valence-electron chi connectivity index (χ2n) is 6.18. The zero-order chi connectivity index (χ0) is 21.4. The van der Waals surface area contributed by atoms with Gasteiger partial charge in [-0.3, -0.25) is 30.6 Å². The molecule has 0 heterocycles. The van der Waals surface area contributed by atoms with E-state index in [2.05, 4.69) is 17.8 Å². The fourth-order valence-corrected chi connectivity index (χ4v) is 2.57. The van der Waals surface area contributed by atoms with E-state index in [1.165, 1.54) is 38.3 Å². The summed E-state index contributed by atoms with van der Waals surface area (Å²) in [5.41, 5.74) is 4.94. The van der Waals surface area contributed by atoms with Gasteiger partial charge < -0.3 is 9.47 Å². The number of unbranched alkanes of at least 4 members (excludes halogenated alkanes) is 1. The summed E-state index contributed by atoms with van der Waals surface area (Å²) in [6.45, 7) is 4.06. The van der Waals surface area contributed by atoms with Crippen molar-refractivity contribution in [1.82, 2.24) is 10.9 Å². The van der Waals surface area contributed by atoms with E-state index in [-0.39, 0.29) is 22.4 Å². The number of rotatable bonds is 8. The summed E-state index contributed by atoms with van der Waals surface area (Å²) in [4.78, 5) is 35.1. The van der Waals surface area contributed by atoms with Crippen LogP contribution >= 0.6 is 0 Å². The molecule has 0 aromatic heterocycles. The predicted molar refractivity (Wildman–Crippen MR) is 106 cm³/mol. The molecule has 9 heteroatoms. The standard InChI is InChI=1S/C20H23N3O6/c1-4-5-11-29-17-10-9-14(12-18(17)28-3)19(24)21-22-20(25)15-7-6-8-16(13(15)2)23(26)27/h6-10,12H,4-5,11H2,1-3H3,(H,21,24)(H,22,25). The molecule has 0 radical (unpaired) electrons. The predicted octanol–water partition coefficient (Wildman–Crippen LogP) is 3.17. The summed E-state index contributed by atoms with van der Waals surface area (Å²) in [6, 6.07) is 8.82. The van der Waals surface area contributed by atoms with Crippen LogP contribution in [0.5, 0.6) is 11.5 Å². The Bertz CT molecular complexity index is 913. The molecule has 2 rings (SSSR count). The first-order valence-electron chi connectivity index (χ1n) is 9.04. The molecule has 2 N–H and O–H groups in total. The van der Waals surface area contributed by atoms with Crippen molar-refractivity contribution in [1.29, 1.82) is 0 Å². The minimum Gasteiger partial charge on any atom is -0.493 e. The number of carbonyl (C=O) groups is 2. The van der Waals surface area contributed by atoms with Crippen molar-refractivity contribution in [2.24, 2.45) is 0 Å².